The first-order valence-corrected chi connectivity index (χ1v) is 11.6. The fourth-order valence-corrected chi connectivity index (χ4v) is 4.57. The molecule has 2 heterocycles. The van der Waals surface area contributed by atoms with Crippen LogP contribution in [0.2, 0.25) is 0 Å². The predicted molar refractivity (Wildman–Crippen MR) is 131 cm³/mol. The third kappa shape index (κ3) is 4.61. The van der Waals surface area contributed by atoms with Crippen LogP contribution in [0.3, 0.4) is 0 Å². The molecule has 34 heavy (non-hydrogen) atoms. The molecule has 4 rings (SSSR count). The Morgan fingerprint density at radius 1 is 1.00 bits per heavy atom. The molecule has 7 nitrogen and oxygen atoms in total. The number of carbonyl (C=O) groups is 2. The maximum absolute atomic E-state index is 13.2. The molecule has 2 amide bonds. The monoisotopic (exact) mass is 460 g/mol. The van der Waals surface area contributed by atoms with E-state index < -0.39 is 29.3 Å². The summed E-state index contributed by atoms with van der Waals surface area (Å²) in [4.78, 5) is 34.0. The van der Waals surface area contributed by atoms with E-state index in [0.29, 0.717) is 6.54 Å². The molecule has 1 unspecified atom stereocenters. The van der Waals surface area contributed by atoms with E-state index in [1.165, 1.54) is 4.90 Å². The molecule has 1 aliphatic heterocycles. The van der Waals surface area contributed by atoms with Crippen LogP contribution < -0.4 is 0 Å². The van der Waals surface area contributed by atoms with Crippen LogP contribution in [0.4, 0.5) is 0 Å². The summed E-state index contributed by atoms with van der Waals surface area (Å²) in [5.74, 6) is -0.454. The SMILES string of the molecule is CN1C(=O)C(=O)N(C(c2nc(-c3ccccc3)cn2Cc2ccccc2)C(C)(C)C)C[C@H]1CO. The molecular formula is C27H32N4O3. The molecule has 0 bridgehead atoms. The van der Waals surface area contributed by atoms with E-state index in [1.807, 2.05) is 75.5 Å². The summed E-state index contributed by atoms with van der Waals surface area (Å²) in [7, 11) is 1.56. The average molecular weight is 461 g/mol. The fraction of sp³-hybridized carbons (Fsp3) is 0.370. The van der Waals surface area contributed by atoms with Gasteiger partial charge in [0.1, 0.15) is 5.82 Å². The van der Waals surface area contributed by atoms with E-state index in [0.717, 1.165) is 22.6 Å². The first-order chi connectivity index (χ1) is 16.2. The molecule has 1 fully saturated rings. The third-order valence-electron chi connectivity index (χ3n) is 6.38. The van der Waals surface area contributed by atoms with E-state index in [9.17, 15) is 14.7 Å². The van der Waals surface area contributed by atoms with E-state index in [2.05, 4.69) is 16.7 Å². The van der Waals surface area contributed by atoms with Crippen LogP contribution in [0.15, 0.2) is 66.9 Å². The van der Waals surface area contributed by atoms with Gasteiger partial charge in [-0.3, -0.25) is 9.59 Å². The lowest BCUT2D eigenvalue weighted by atomic mass is 9.84. The molecule has 2 aromatic carbocycles. The van der Waals surface area contributed by atoms with Gasteiger partial charge < -0.3 is 19.5 Å². The van der Waals surface area contributed by atoms with Gasteiger partial charge >= 0.3 is 11.8 Å². The van der Waals surface area contributed by atoms with Crippen LogP contribution >= 0.6 is 0 Å². The molecule has 1 aromatic heterocycles. The number of aromatic nitrogens is 2. The molecule has 0 spiro atoms. The van der Waals surface area contributed by atoms with E-state index in [-0.39, 0.29) is 13.2 Å². The highest BCUT2D eigenvalue weighted by atomic mass is 16.3. The summed E-state index contributed by atoms with van der Waals surface area (Å²) in [5.41, 5.74) is 2.49. The van der Waals surface area contributed by atoms with Gasteiger partial charge in [-0.15, -0.1) is 0 Å². The Morgan fingerprint density at radius 2 is 1.62 bits per heavy atom. The summed E-state index contributed by atoms with van der Waals surface area (Å²) >= 11 is 0. The lowest BCUT2D eigenvalue weighted by molar-refractivity contribution is -0.163. The molecule has 1 aliphatic rings. The normalized spacial score (nSPS) is 17.9. The van der Waals surface area contributed by atoms with Crippen LogP contribution in [-0.4, -0.2) is 62.5 Å². The zero-order valence-electron chi connectivity index (χ0n) is 20.2. The first kappa shape index (κ1) is 23.7. The van der Waals surface area contributed by atoms with Crippen molar-refractivity contribution in [3.05, 3.63) is 78.2 Å². The lowest BCUT2D eigenvalue weighted by Gasteiger charge is -2.45. The van der Waals surface area contributed by atoms with Crippen molar-refractivity contribution >= 4 is 11.8 Å². The van der Waals surface area contributed by atoms with Crippen LogP contribution in [0.25, 0.3) is 11.3 Å². The van der Waals surface area contributed by atoms with Crippen molar-refractivity contribution in [2.75, 3.05) is 20.2 Å². The molecule has 3 aromatic rings. The van der Waals surface area contributed by atoms with Crippen LogP contribution in [-0.2, 0) is 16.1 Å². The van der Waals surface area contributed by atoms with Crippen molar-refractivity contribution in [1.29, 1.82) is 0 Å². The highest BCUT2D eigenvalue weighted by molar-refractivity contribution is 6.35. The minimum Gasteiger partial charge on any atom is -0.394 e. The number of aliphatic hydroxyl groups is 1. The summed E-state index contributed by atoms with van der Waals surface area (Å²) in [5, 5.41) is 9.89. The van der Waals surface area contributed by atoms with Crippen molar-refractivity contribution in [3.63, 3.8) is 0 Å². The topological polar surface area (TPSA) is 78.7 Å². The molecule has 0 radical (unpaired) electrons. The fourth-order valence-electron chi connectivity index (χ4n) is 4.57. The Kier molecular flexibility index (Phi) is 6.57. The summed E-state index contributed by atoms with van der Waals surface area (Å²) in [6, 6.07) is 19.1. The zero-order valence-corrected chi connectivity index (χ0v) is 20.2. The molecule has 1 N–H and O–H groups in total. The van der Waals surface area contributed by atoms with Crippen LogP contribution in [0, 0.1) is 5.41 Å². The van der Waals surface area contributed by atoms with Crippen molar-refractivity contribution < 1.29 is 14.7 Å². The molecular weight excluding hydrogens is 428 g/mol. The van der Waals surface area contributed by atoms with Crippen LogP contribution in [0.1, 0.15) is 38.2 Å². The lowest BCUT2D eigenvalue weighted by Crippen LogP contribution is -2.61. The number of carbonyl (C=O) groups excluding carboxylic acids is 2. The van der Waals surface area contributed by atoms with Gasteiger partial charge in [0.15, 0.2) is 0 Å². The van der Waals surface area contributed by atoms with Crippen molar-refractivity contribution in [2.24, 2.45) is 5.41 Å². The Balaban J connectivity index is 1.84. The third-order valence-corrected chi connectivity index (χ3v) is 6.38. The quantitative estimate of drug-likeness (QED) is 0.573. The standard InChI is InChI=1S/C27H32N4O3/c1-27(2,3)23(31-16-21(18-32)29(4)25(33)26(31)34)24-28-22(20-13-9-6-10-14-20)17-30(24)15-19-11-7-5-8-12-19/h5-14,17,21,23,32H,15-16,18H2,1-4H3/t21-,23?/m0/s1. The van der Waals surface area contributed by atoms with Crippen molar-refractivity contribution in [1.82, 2.24) is 19.4 Å². The number of aliphatic hydroxyl groups excluding tert-OH is 1. The number of hydrogen-bond donors (Lipinski definition) is 1. The van der Waals surface area contributed by atoms with Gasteiger partial charge in [-0.1, -0.05) is 81.4 Å². The van der Waals surface area contributed by atoms with Gasteiger partial charge in [-0.05, 0) is 11.0 Å². The minimum atomic E-state index is -0.607. The van der Waals surface area contributed by atoms with Crippen LogP contribution in [0.5, 0.6) is 0 Å². The van der Waals surface area contributed by atoms with Gasteiger partial charge in [0.2, 0.25) is 0 Å². The average Bonchev–Trinajstić information content (AvgIpc) is 3.22. The molecule has 7 heteroatoms. The van der Waals surface area contributed by atoms with E-state index in [1.54, 1.807) is 11.9 Å². The summed E-state index contributed by atoms with van der Waals surface area (Å²) in [6.45, 7) is 6.76. The number of imidazole rings is 1. The second-order valence-electron chi connectivity index (χ2n) is 9.94. The Hall–Kier alpha value is -3.45. The van der Waals surface area contributed by atoms with Crippen molar-refractivity contribution in [2.45, 2.75) is 39.4 Å². The second kappa shape index (κ2) is 9.43. The molecule has 1 saturated heterocycles. The highest BCUT2D eigenvalue weighted by Crippen LogP contribution is 2.40. The summed E-state index contributed by atoms with van der Waals surface area (Å²) < 4.78 is 2.08. The maximum Gasteiger partial charge on any atom is 0.312 e. The number of piperazine rings is 1. The second-order valence-corrected chi connectivity index (χ2v) is 9.94. The molecule has 2 atom stereocenters. The molecule has 0 aliphatic carbocycles. The molecule has 0 saturated carbocycles. The Labute approximate surface area is 200 Å². The Bertz CT molecular complexity index is 1150. The number of nitrogens with zero attached hydrogens (tertiary/aromatic N) is 4. The maximum atomic E-state index is 13.2. The van der Waals surface area contributed by atoms with Crippen molar-refractivity contribution in [3.8, 4) is 11.3 Å². The number of benzene rings is 2. The van der Waals surface area contributed by atoms with Gasteiger partial charge in [0.05, 0.1) is 24.4 Å². The summed E-state index contributed by atoms with van der Waals surface area (Å²) in [6.07, 6.45) is 2.02. The van der Waals surface area contributed by atoms with Gasteiger partial charge in [0, 0.05) is 31.9 Å². The van der Waals surface area contributed by atoms with Gasteiger partial charge in [-0.25, -0.2) is 4.98 Å². The minimum absolute atomic E-state index is 0.212. The predicted octanol–water partition coefficient (Wildman–Crippen LogP) is 3.35. The number of rotatable bonds is 6. The number of likely N-dealkylation sites (N-methyl/N-ethyl adjacent to an activating group) is 1. The highest BCUT2D eigenvalue weighted by Gasteiger charge is 2.45. The molecule has 178 valence electrons. The van der Waals surface area contributed by atoms with E-state index >= 15 is 0 Å². The van der Waals surface area contributed by atoms with Gasteiger partial charge in [0.25, 0.3) is 0 Å². The van der Waals surface area contributed by atoms with E-state index in [4.69, 9.17) is 4.98 Å². The first-order valence-electron chi connectivity index (χ1n) is 11.6. The Morgan fingerprint density at radius 3 is 2.21 bits per heavy atom. The zero-order chi connectivity index (χ0) is 24.5. The smallest absolute Gasteiger partial charge is 0.312 e. The number of hydrogen-bond acceptors (Lipinski definition) is 4. The largest absolute Gasteiger partial charge is 0.394 e. The number of amides is 2. The van der Waals surface area contributed by atoms with Gasteiger partial charge in [-0.2, -0.15) is 0 Å².